The van der Waals surface area contributed by atoms with Gasteiger partial charge in [0.15, 0.2) is 0 Å². The van der Waals surface area contributed by atoms with Crippen LogP contribution in [-0.2, 0) is 11.3 Å². The molecule has 1 spiro atoms. The summed E-state index contributed by atoms with van der Waals surface area (Å²) < 4.78 is 0. The van der Waals surface area contributed by atoms with Crippen molar-refractivity contribution >= 4 is 11.9 Å². The Morgan fingerprint density at radius 1 is 1.30 bits per heavy atom. The van der Waals surface area contributed by atoms with Crippen LogP contribution in [0.15, 0.2) is 24.5 Å². The molecule has 2 fully saturated rings. The first-order valence-electron chi connectivity index (χ1n) is 7.14. The van der Waals surface area contributed by atoms with Gasteiger partial charge in [0, 0.05) is 18.9 Å². The van der Waals surface area contributed by atoms with Crippen molar-refractivity contribution in [2.75, 3.05) is 0 Å². The summed E-state index contributed by atoms with van der Waals surface area (Å²) >= 11 is 0. The normalized spacial score (nSPS) is 29.9. The molecule has 1 aromatic heterocycles. The van der Waals surface area contributed by atoms with Crippen molar-refractivity contribution in [2.24, 2.45) is 5.92 Å². The van der Waals surface area contributed by atoms with Crippen molar-refractivity contribution < 1.29 is 9.59 Å². The van der Waals surface area contributed by atoms with E-state index in [1.54, 1.807) is 17.3 Å². The Bertz CT molecular complexity index is 521. The minimum atomic E-state index is -0.632. The highest BCUT2D eigenvalue weighted by atomic mass is 16.2. The zero-order valence-electron chi connectivity index (χ0n) is 11.6. The predicted octanol–water partition coefficient (Wildman–Crippen LogP) is 2.08. The summed E-state index contributed by atoms with van der Waals surface area (Å²) in [5.74, 6) is 0.510. The summed E-state index contributed by atoms with van der Waals surface area (Å²) in [5, 5.41) is 2.49. The lowest BCUT2D eigenvalue weighted by molar-refractivity contribution is -0.128. The minimum absolute atomic E-state index is 0.122. The van der Waals surface area contributed by atoms with Crippen molar-refractivity contribution in [3.8, 4) is 0 Å². The van der Waals surface area contributed by atoms with Crippen molar-refractivity contribution in [1.82, 2.24) is 15.2 Å². The molecule has 1 saturated carbocycles. The number of nitrogens with one attached hydrogen (secondary N) is 1. The summed E-state index contributed by atoms with van der Waals surface area (Å²) in [5.41, 5.74) is 0.371. The van der Waals surface area contributed by atoms with Crippen molar-refractivity contribution in [1.29, 1.82) is 0 Å². The van der Waals surface area contributed by atoms with Crippen molar-refractivity contribution in [3.05, 3.63) is 30.1 Å². The van der Waals surface area contributed by atoms with E-state index in [0.717, 1.165) is 31.2 Å². The highest BCUT2D eigenvalue weighted by Gasteiger charge is 2.53. The zero-order chi connectivity index (χ0) is 14.2. The van der Waals surface area contributed by atoms with Crippen LogP contribution in [0.2, 0.25) is 0 Å². The molecule has 0 radical (unpaired) electrons. The van der Waals surface area contributed by atoms with Gasteiger partial charge in [-0.1, -0.05) is 6.92 Å². The molecule has 5 heteroatoms. The molecule has 0 atom stereocenters. The molecule has 3 rings (SSSR count). The van der Waals surface area contributed by atoms with Crippen LogP contribution in [0.25, 0.3) is 0 Å². The molecular formula is C15H19N3O2. The van der Waals surface area contributed by atoms with Crippen molar-refractivity contribution in [2.45, 2.75) is 44.7 Å². The van der Waals surface area contributed by atoms with E-state index in [1.807, 2.05) is 12.1 Å². The molecule has 0 bridgehead atoms. The van der Waals surface area contributed by atoms with Crippen LogP contribution in [-0.4, -0.2) is 27.4 Å². The number of rotatable bonds is 2. The third-order valence-corrected chi connectivity index (χ3v) is 4.60. The van der Waals surface area contributed by atoms with E-state index in [9.17, 15) is 9.59 Å². The Kier molecular flexibility index (Phi) is 3.20. The van der Waals surface area contributed by atoms with Crippen molar-refractivity contribution in [3.63, 3.8) is 0 Å². The largest absolute Gasteiger partial charge is 0.325 e. The molecule has 1 aromatic rings. The van der Waals surface area contributed by atoms with Gasteiger partial charge in [0.05, 0.1) is 0 Å². The molecule has 2 aliphatic rings. The molecule has 1 aliphatic carbocycles. The SMILES string of the molecule is CC1CCC2(CC1)C(=O)NC(=O)N2Cc1ccncc1. The first-order valence-corrected chi connectivity index (χ1v) is 7.14. The summed E-state index contributed by atoms with van der Waals surface area (Å²) in [7, 11) is 0. The first-order chi connectivity index (χ1) is 9.62. The van der Waals surface area contributed by atoms with Gasteiger partial charge in [0.25, 0.3) is 5.91 Å². The van der Waals surface area contributed by atoms with Crippen LogP contribution in [0.3, 0.4) is 0 Å². The maximum absolute atomic E-state index is 12.3. The van der Waals surface area contributed by atoms with Gasteiger partial charge in [0.2, 0.25) is 0 Å². The van der Waals surface area contributed by atoms with Gasteiger partial charge in [-0.3, -0.25) is 15.1 Å². The quantitative estimate of drug-likeness (QED) is 0.839. The van der Waals surface area contributed by atoms with E-state index in [-0.39, 0.29) is 11.9 Å². The fourth-order valence-electron chi connectivity index (χ4n) is 3.23. The maximum Gasteiger partial charge on any atom is 0.325 e. The smallest absolute Gasteiger partial charge is 0.305 e. The van der Waals surface area contributed by atoms with E-state index in [1.165, 1.54) is 0 Å². The highest BCUT2D eigenvalue weighted by Crippen LogP contribution is 2.40. The number of nitrogens with zero attached hydrogens (tertiary/aromatic N) is 2. The third-order valence-electron chi connectivity index (χ3n) is 4.60. The topological polar surface area (TPSA) is 62.3 Å². The standard InChI is InChI=1S/C15H19N3O2/c1-11-2-6-15(7-3-11)13(19)17-14(20)18(15)10-12-4-8-16-9-5-12/h4-5,8-9,11H,2-3,6-7,10H2,1H3,(H,17,19,20). The van der Waals surface area contributed by atoms with Crippen LogP contribution in [0.4, 0.5) is 4.79 Å². The van der Waals surface area contributed by atoms with Crippen LogP contribution in [0.5, 0.6) is 0 Å². The molecule has 1 aliphatic heterocycles. The van der Waals surface area contributed by atoms with E-state index in [4.69, 9.17) is 0 Å². The van der Waals surface area contributed by atoms with E-state index < -0.39 is 5.54 Å². The fourth-order valence-corrected chi connectivity index (χ4v) is 3.23. The zero-order valence-corrected chi connectivity index (χ0v) is 11.6. The Labute approximate surface area is 118 Å². The number of carbonyl (C=O) groups is 2. The minimum Gasteiger partial charge on any atom is -0.305 e. The Morgan fingerprint density at radius 2 is 1.95 bits per heavy atom. The lowest BCUT2D eigenvalue weighted by Gasteiger charge is -2.40. The first kappa shape index (κ1) is 13.1. The Balaban J connectivity index is 1.87. The summed E-state index contributed by atoms with van der Waals surface area (Å²) in [4.78, 5) is 30.1. The second-order valence-electron chi connectivity index (χ2n) is 5.91. The number of hydrogen-bond acceptors (Lipinski definition) is 3. The fraction of sp³-hybridized carbons (Fsp3) is 0.533. The Morgan fingerprint density at radius 3 is 2.60 bits per heavy atom. The molecular weight excluding hydrogens is 254 g/mol. The van der Waals surface area contributed by atoms with E-state index in [2.05, 4.69) is 17.2 Å². The molecule has 1 saturated heterocycles. The van der Waals surface area contributed by atoms with Gasteiger partial charge < -0.3 is 4.90 Å². The summed E-state index contributed by atoms with van der Waals surface area (Å²) in [6.45, 7) is 2.67. The second-order valence-corrected chi connectivity index (χ2v) is 5.91. The summed E-state index contributed by atoms with van der Waals surface area (Å²) in [6, 6.07) is 3.51. The van der Waals surface area contributed by atoms with Crippen LogP contribution < -0.4 is 5.32 Å². The van der Waals surface area contributed by atoms with Gasteiger partial charge in [-0.2, -0.15) is 0 Å². The molecule has 2 heterocycles. The van der Waals surface area contributed by atoms with Crippen LogP contribution in [0, 0.1) is 5.92 Å². The Hall–Kier alpha value is -1.91. The number of hydrogen-bond donors (Lipinski definition) is 1. The number of urea groups is 1. The monoisotopic (exact) mass is 273 g/mol. The van der Waals surface area contributed by atoms with Gasteiger partial charge in [-0.25, -0.2) is 4.79 Å². The molecule has 0 unspecified atom stereocenters. The van der Waals surface area contributed by atoms with Gasteiger partial charge in [-0.05, 0) is 49.3 Å². The molecule has 106 valence electrons. The highest BCUT2D eigenvalue weighted by molar-refractivity contribution is 6.07. The predicted molar refractivity (Wildman–Crippen MR) is 73.7 cm³/mol. The maximum atomic E-state index is 12.3. The molecule has 0 aromatic carbocycles. The lowest BCUT2D eigenvalue weighted by Crippen LogP contribution is -2.51. The van der Waals surface area contributed by atoms with Crippen LogP contribution in [0.1, 0.15) is 38.2 Å². The van der Waals surface area contributed by atoms with E-state index >= 15 is 0 Å². The summed E-state index contributed by atoms with van der Waals surface area (Å²) in [6.07, 6.45) is 6.93. The average molecular weight is 273 g/mol. The molecule has 1 N–H and O–H groups in total. The lowest BCUT2D eigenvalue weighted by atomic mass is 9.76. The molecule has 5 nitrogen and oxygen atoms in total. The number of carbonyl (C=O) groups excluding carboxylic acids is 2. The van der Waals surface area contributed by atoms with Gasteiger partial charge >= 0.3 is 6.03 Å². The second kappa shape index (κ2) is 4.89. The number of aromatic nitrogens is 1. The van der Waals surface area contributed by atoms with Gasteiger partial charge in [0.1, 0.15) is 5.54 Å². The number of amides is 3. The average Bonchev–Trinajstić information content (AvgIpc) is 2.68. The molecule has 20 heavy (non-hydrogen) atoms. The number of pyridine rings is 1. The van der Waals surface area contributed by atoms with Crippen LogP contribution >= 0.6 is 0 Å². The van der Waals surface area contributed by atoms with Gasteiger partial charge in [-0.15, -0.1) is 0 Å². The van der Waals surface area contributed by atoms with E-state index in [0.29, 0.717) is 12.5 Å². The third kappa shape index (κ3) is 2.07. The number of imide groups is 1. The molecule has 3 amide bonds.